The monoisotopic (exact) mass is 243 g/mol. The van der Waals surface area contributed by atoms with Gasteiger partial charge in [-0.3, -0.25) is 0 Å². The number of hydrogen-bond donors (Lipinski definition) is 2. The molecule has 1 rings (SSSR count). The first-order valence-corrected chi connectivity index (χ1v) is 7.06. The minimum atomic E-state index is -0.332. The molecule has 1 aliphatic carbocycles. The van der Waals surface area contributed by atoms with E-state index in [-0.39, 0.29) is 12.1 Å². The normalized spacial score (nSPS) is 29.1. The molecule has 102 valence electrons. The fourth-order valence-corrected chi connectivity index (χ4v) is 2.73. The van der Waals surface area contributed by atoms with E-state index in [0.29, 0.717) is 5.92 Å². The summed E-state index contributed by atoms with van der Waals surface area (Å²) in [5.74, 6) is 1.21. The van der Waals surface area contributed by atoms with Gasteiger partial charge in [0.05, 0.1) is 6.61 Å². The van der Waals surface area contributed by atoms with Crippen LogP contribution in [0, 0.1) is 11.8 Å². The van der Waals surface area contributed by atoms with Crippen LogP contribution in [0.4, 0.5) is 0 Å². The molecule has 1 aliphatic rings. The van der Waals surface area contributed by atoms with E-state index in [2.05, 4.69) is 13.8 Å². The largest absolute Gasteiger partial charge is 0.394 e. The molecule has 0 aromatic carbocycles. The van der Waals surface area contributed by atoms with Gasteiger partial charge in [-0.1, -0.05) is 20.3 Å². The molecule has 0 aromatic rings. The molecule has 3 nitrogen and oxygen atoms in total. The van der Waals surface area contributed by atoms with E-state index in [1.165, 1.54) is 6.42 Å². The Bertz CT molecular complexity index is 208. The SMILES string of the molecule is CC(C)CCCOCCC1CCCC1(N)CO. The van der Waals surface area contributed by atoms with E-state index in [1.54, 1.807) is 0 Å². The zero-order valence-electron chi connectivity index (χ0n) is 11.5. The summed E-state index contributed by atoms with van der Waals surface area (Å²) in [4.78, 5) is 0. The van der Waals surface area contributed by atoms with Crippen molar-refractivity contribution in [1.82, 2.24) is 0 Å². The molecule has 0 amide bonds. The Hall–Kier alpha value is -0.120. The maximum absolute atomic E-state index is 9.33. The quantitative estimate of drug-likeness (QED) is 0.643. The van der Waals surface area contributed by atoms with Crippen molar-refractivity contribution in [2.24, 2.45) is 17.6 Å². The molecule has 3 N–H and O–H groups in total. The van der Waals surface area contributed by atoms with Gasteiger partial charge in [-0.05, 0) is 43.9 Å². The van der Waals surface area contributed by atoms with Crippen LogP contribution in [0.1, 0.15) is 52.4 Å². The third-order valence-corrected chi connectivity index (χ3v) is 3.98. The molecule has 0 bridgehead atoms. The predicted octanol–water partition coefficient (Wildman–Crippen LogP) is 2.32. The molecule has 1 saturated carbocycles. The number of ether oxygens (including phenoxy) is 1. The molecular formula is C14H29NO2. The van der Waals surface area contributed by atoms with Crippen LogP contribution in [-0.4, -0.2) is 30.5 Å². The molecule has 0 radical (unpaired) electrons. The molecule has 0 spiro atoms. The zero-order chi connectivity index (χ0) is 12.7. The first-order valence-electron chi connectivity index (χ1n) is 7.06. The summed E-state index contributed by atoms with van der Waals surface area (Å²) >= 11 is 0. The van der Waals surface area contributed by atoms with Crippen molar-refractivity contribution in [1.29, 1.82) is 0 Å². The molecule has 0 aromatic heterocycles. The van der Waals surface area contributed by atoms with Crippen molar-refractivity contribution in [3.8, 4) is 0 Å². The van der Waals surface area contributed by atoms with E-state index in [1.807, 2.05) is 0 Å². The summed E-state index contributed by atoms with van der Waals surface area (Å²) in [6.45, 7) is 6.25. The summed E-state index contributed by atoms with van der Waals surface area (Å²) in [5, 5.41) is 9.33. The molecule has 0 heterocycles. The van der Waals surface area contributed by atoms with Gasteiger partial charge in [0.2, 0.25) is 0 Å². The number of aliphatic hydroxyl groups excluding tert-OH is 1. The van der Waals surface area contributed by atoms with Crippen LogP contribution in [-0.2, 0) is 4.74 Å². The van der Waals surface area contributed by atoms with E-state index < -0.39 is 0 Å². The molecule has 2 unspecified atom stereocenters. The fourth-order valence-electron chi connectivity index (χ4n) is 2.73. The van der Waals surface area contributed by atoms with Crippen molar-refractivity contribution in [3.05, 3.63) is 0 Å². The van der Waals surface area contributed by atoms with Gasteiger partial charge in [0, 0.05) is 18.8 Å². The van der Waals surface area contributed by atoms with Crippen LogP contribution in [0.3, 0.4) is 0 Å². The van der Waals surface area contributed by atoms with Gasteiger partial charge >= 0.3 is 0 Å². The predicted molar refractivity (Wildman–Crippen MR) is 70.9 cm³/mol. The summed E-state index contributed by atoms with van der Waals surface area (Å²) in [6.07, 6.45) is 6.64. The van der Waals surface area contributed by atoms with Crippen LogP contribution in [0.25, 0.3) is 0 Å². The zero-order valence-corrected chi connectivity index (χ0v) is 11.5. The summed E-state index contributed by atoms with van der Waals surface area (Å²) in [6, 6.07) is 0. The minimum Gasteiger partial charge on any atom is -0.394 e. The van der Waals surface area contributed by atoms with Gasteiger partial charge in [0.25, 0.3) is 0 Å². The van der Waals surface area contributed by atoms with Gasteiger partial charge in [0.15, 0.2) is 0 Å². The maximum Gasteiger partial charge on any atom is 0.0613 e. The smallest absolute Gasteiger partial charge is 0.0613 e. The number of hydrogen-bond acceptors (Lipinski definition) is 3. The molecule has 1 fully saturated rings. The fraction of sp³-hybridized carbons (Fsp3) is 1.00. The van der Waals surface area contributed by atoms with Gasteiger partial charge in [-0.25, -0.2) is 0 Å². The Morgan fingerprint density at radius 2 is 2.18 bits per heavy atom. The average molecular weight is 243 g/mol. The van der Waals surface area contributed by atoms with Crippen LogP contribution < -0.4 is 5.73 Å². The van der Waals surface area contributed by atoms with Crippen LogP contribution in [0.2, 0.25) is 0 Å². The number of aliphatic hydroxyl groups is 1. The van der Waals surface area contributed by atoms with Crippen molar-refractivity contribution in [2.45, 2.75) is 57.9 Å². The summed E-state index contributed by atoms with van der Waals surface area (Å²) in [7, 11) is 0. The third-order valence-electron chi connectivity index (χ3n) is 3.98. The molecule has 0 aliphatic heterocycles. The topological polar surface area (TPSA) is 55.5 Å². The Morgan fingerprint density at radius 3 is 2.82 bits per heavy atom. The Kier molecular flexibility index (Phi) is 6.45. The first-order chi connectivity index (χ1) is 8.08. The minimum absolute atomic E-state index is 0.116. The van der Waals surface area contributed by atoms with Crippen LogP contribution >= 0.6 is 0 Å². The lowest BCUT2D eigenvalue weighted by molar-refractivity contribution is 0.0911. The highest BCUT2D eigenvalue weighted by Gasteiger charge is 2.38. The molecule has 0 saturated heterocycles. The maximum atomic E-state index is 9.33. The van der Waals surface area contributed by atoms with Crippen LogP contribution in [0.15, 0.2) is 0 Å². The highest BCUT2D eigenvalue weighted by molar-refractivity contribution is 4.95. The lowest BCUT2D eigenvalue weighted by atomic mass is 9.87. The van der Waals surface area contributed by atoms with E-state index in [0.717, 1.165) is 51.2 Å². The second kappa shape index (κ2) is 7.34. The van der Waals surface area contributed by atoms with Crippen LogP contribution in [0.5, 0.6) is 0 Å². The second-order valence-corrected chi connectivity index (χ2v) is 5.92. The van der Waals surface area contributed by atoms with Crippen molar-refractivity contribution >= 4 is 0 Å². The Morgan fingerprint density at radius 1 is 1.41 bits per heavy atom. The molecular weight excluding hydrogens is 214 g/mol. The summed E-state index contributed by atoms with van der Waals surface area (Å²) < 4.78 is 5.65. The van der Waals surface area contributed by atoms with Crippen molar-refractivity contribution in [3.63, 3.8) is 0 Å². The highest BCUT2D eigenvalue weighted by Crippen LogP contribution is 2.35. The molecule has 3 heteroatoms. The van der Waals surface area contributed by atoms with Gasteiger partial charge in [-0.2, -0.15) is 0 Å². The summed E-state index contributed by atoms with van der Waals surface area (Å²) in [5.41, 5.74) is 5.85. The molecule has 2 atom stereocenters. The number of rotatable bonds is 8. The van der Waals surface area contributed by atoms with E-state index in [4.69, 9.17) is 10.5 Å². The highest BCUT2D eigenvalue weighted by atomic mass is 16.5. The third kappa shape index (κ3) is 4.94. The Balaban J connectivity index is 2.06. The molecule has 17 heavy (non-hydrogen) atoms. The van der Waals surface area contributed by atoms with Crippen molar-refractivity contribution < 1.29 is 9.84 Å². The van der Waals surface area contributed by atoms with Gasteiger partial charge < -0.3 is 15.6 Å². The first kappa shape index (κ1) is 14.9. The standard InChI is InChI=1S/C14H29NO2/c1-12(2)5-4-9-17-10-7-13-6-3-8-14(13,15)11-16/h12-13,16H,3-11,15H2,1-2H3. The van der Waals surface area contributed by atoms with Crippen molar-refractivity contribution in [2.75, 3.05) is 19.8 Å². The van der Waals surface area contributed by atoms with E-state index in [9.17, 15) is 5.11 Å². The van der Waals surface area contributed by atoms with Gasteiger partial charge in [-0.15, -0.1) is 0 Å². The average Bonchev–Trinajstić information content (AvgIpc) is 2.66. The lowest BCUT2D eigenvalue weighted by Gasteiger charge is -2.29. The van der Waals surface area contributed by atoms with E-state index >= 15 is 0 Å². The Labute approximate surface area is 106 Å². The second-order valence-electron chi connectivity index (χ2n) is 5.92. The van der Waals surface area contributed by atoms with Gasteiger partial charge in [0.1, 0.15) is 0 Å². The lowest BCUT2D eigenvalue weighted by Crippen LogP contribution is -2.47. The number of nitrogens with two attached hydrogens (primary N) is 1.